The highest BCUT2D eigenvalue weighted by Crippen LogP contribution is 2.28. The van der Waals surface area contributed by atoms with Gasteiger partial charge in [-0.2, -0.15) is 5.10 Å². The molecule has 7 heteroatoms. The number of allylic oxidation sites excluding steroid dienone is 4. The summed E-state index contributed by atoms with van der Waals surface area (Å²) in [7, 11) is 0. The van der Waals surface area contributed by atoms with Crippen LogP contribution >= 0.6 is 0 Å². The summed E-state index contributed by atoms with van der Waals surface area (Å²) in [6, 6.07) is 0.292. The Kier molecular flexibility index (Phi) is 6.63. The van der Waals surface area contributed by atoms with E-state index in [1.807, 2.05) is 0 Å². The van der Waals surface area contributed by atoms with Gasteiger partial charge < -0.3 is 9.80 Å². The van der Waals surface area contributed by atoms with Crippen LogP contribution in [0, 0.1) is 13.8 Å². The van der Waals surface area contributed by atoms with E-state index in [2.05, 4.69) is 69.0 Å². The van der Waals surface area contributed by atoms with Crippen molar-refractivity contribution in [1.82, 2.24) is 20.2 Å². The van der Waals surface area contributed by atoms with Gasteiger partial charge in [0.1, 0.15) is 11.5 Å². The van der Waals surface area contributed by atoms with E-state index < -0.39 is 0 Å². The van der Waals surface area contributed by atoms with Crippen LogP contribution < -0.4 is 9.80 Å². The van der Waals surface area contributed by atoms with E-state index in [4.69, 9.17) is 0 Å². The topological polar surface area (TPSA) is 75.1 Å². The Hall–Kier alpha value is -3.09. The first-order valence-electron chi connectivity index (χ1n) is 11.5. The van der Waals surface area contributed by atoms with Crippen LogP contribution in [0.5, 0.6) is 0 Å². The lowest BCUT2D eigenvalue weighted by Crippen LogP contribution is -2.54. The van der Waals surface area contributed by atoms with E-state index in [-0.39, 0.29) is 5.78 Å². The Balaban J connectivity index is 1.50. The first-order valence-corrected chi connectivity index (χ1v) is 11.5. The highest BCUT2D eigenvalue weighted by Gasteiger charge is 2.29. The maximum absolute atomic E-state index is 11.5. The van der Waals surface area contributed by atoms with Crippen LogP contribution in [0.25, 0.3) is 0 Å². The minimum atomic E-state index is -0.0652. The van der Waals surface area contributed by atoms with Crippen molar-refractivity contribution in [3.63, 3.8) is 0 Å². The smallest absolute Gasteiger partial charge is 0.179 e. The average Bonchev–Trinajstić information content (AvgIpc) is 2.82. The summed E-state index contributed by atoms with van der Waals surface area (Å²) < 4.78 is 0. The van der Waals surface area contributed by atoms with Gasteiger partial charge in [0.15, 0.2) is 11.6 Å². The molecule has 0 bridgehead atoms. The molecule has 2 aromatic heterocycles. The van der Waals surface area contributed by atoms with Crippen LogP contribution in [-0.2, 0) is 6.42 Å². The molecule has 1 aliphatic heterocycles. The van der Waals surface area contributed by atoms with Gasteiger partial charge in [-0.25, -0.2) is 9.97 Å². The molecule has 7 nitrogen and oxygen atoms in total. The summed E-state index contributed by atoms with van der Waals surface area (Å²) >= 11 is 0. The quantitative estimate of drug-likeness (QED) is 0.639. The fourth-order valence-electron chi connectivity index (χ4n) is 4.45. The molecule has 2 aromatic rings. The lowest BCUT2D eigenvalue weighted by Gasteiger charge is -2.42. The van der Waals surface area contributed by atoms with Gasteiger partial charge in [0.2, 0.25) is 0 Å². The van der Waals surface area contributed by atoms with Crippen molar-refractivity contribution in [3.05, 3.63) is 58.7 Å². The summed E-state index contributed by atoms with van der Waals surface area (Å²) in [4.78, 5) is 24.9. The first-order chi connectivity index (χ1) is 15.5. The number of rotatable bonds is 6. The van der Waals surface area contributed by atoms with Crippen molar-refractivity contribution < 1.29 is 4.79 Å². The normalized spacial score (nSPS) is 18.6. The first kappa shape index (κ1) is 22.1. The van der Waals surface area contributed by atoms with Gasteiger partial charge in [-0.3, -0.25) is 4.79 Å². The SMILES string of the molecule is CC[C@@H]1CN(c2nnc(CC3=CCCC=C3)c(C)c2C)CCN1c1cnc(C(C)=O)cn1. The van der Waals surface area contributed by atoms with E-state index in [1.54, 1.807) is 12.4 Å². The van der Waals surface area contributed by atoms with Crippen molar-refractivity contribution in [2.45, 2.75) is 59.4 Å². The number of nitrogens with zero attached hydrogens (tertiary/aromatic N) is 6. The zero-order valence-corrected chi connectivity index (χ0v) is 19.5. The highest BCUT2D eigenvalue weighted by atomic mass is 16.1. The van der Waals surface area contributed by atoms with Crippen LogP contribution in [0.15, 0.2) is 36.2 Å². The Bertz CT molecular complexity index is 1040. The standard InChI is InChI=1S/C25H32N6O/c1-5-21-16-30(11-12-31(21)24-15-26-23(14-27-24)19(4)32)25-18(3)17(2)22(28-29-25)13-20-9-7-6-8-10-20/h7,9-10,14-15,21H,5-6,8,11-13,16H2,1-4H3/t21-/m1/s1. The van der Waals surface area contributed by atoms with Crippen LogP contribution in [0.1, 0.15) is 60.4 Å². The van der Waals surface area contributed by atoms with E-state index in [0.29, 0.717) is 11.7 Å². The molecule has 1 aliphatic carbocycles. The van der Waals surface area contributed by atoms with Gasteiger partial charge in [0, 0.05) is 39.0 Å². The van der Waals surface area contributed by atoms with Crippen molar-refractivity contribution >= 4 is 17.4 Å². The van der Waals surface area contributed by atoms with Crippen LogP contribution in [-0.4, -0.2) is 51.6 Å². The number of carbonyl (C=O) groups is 1. The number of hydrogen-bond donors (Lipinski definition) is 0. The predicted molar refractivity (Wildman–Crippen MR) is 127 cm³/mol. The maximum Gasteiger partial charge on any atom is 0.179 e. The molecule has 0 aromatic carbocycles. The fourth-order valence-corrected chi connectivity index (χ4v) is 4.45. The second kappa shape index (κ2) is 9.59. The number of aromatic nitrogens is 4. The molecular weight excluding hydrogens is 400 g/mol. The predicted octanol–water partition coefficient (Wildman–Crippen LogP) is 4.01. The van der Waals surface area contributed by atoms with Crippen molar-refractivity contribution in [3.8, 4) is 0 Å². The summed E-state index contributed by atoms with van der Waals surface area (Å²) in [6.07, 6.45) is 14.1. The Labute approximate surface area is 190 Å². The number of piperazine rings is 1. The van der Waals surface area contributed by atoms with Crippen molar-refractivity contribution in [1.29, 1.82) is 0 Å². The van der Waals surface area contributed by atoms with Crippen LogP contribution in [0.2, 0.25) is 0 Å². The molecule has 0 amide bonds. The minimum Gasteiger partial charge on any atom is -0.351 e. The van der Waals surface area contributed by atoms with E-state index >= 15 is 0 Å². The van der Waals surface area contributed by atoms with Gasteiger partial charge in [-0.05, 0) is 49.8 Å². The summed E-state index contributed by atoms with van der Waals surface area (Å²) in [5.74, 6) is 1.74. The lowest BCUT2D eigenvalue weighted by molar-refractivity contribution is 0.101. The molecule has 3 heterocycles. The second-order valence-corrected chi connectivity index (χ2v) is 8.67. The molecule has 1 saturated heterocycles. The number of carbonyl (C=O) groups excluding carboxylic acids is 1. The Morgan fingerprint density at radius 3 is 2.59 bits per heavy atom. The van der Waals surface area contributed by atoms with Crippen LogP contribution in [0.3, 0.4) is 0 Å². The lowest BCUT2D eigenvalue weighted by atomic mass is 9.99. The van der Waals surface area contributed by atoms with Gasteiger partial charge in [-0.1, -0.05) is 25.2 Å². The molecule has 0 unspecified atom stereocenters. The van der Waals surface area contributed by atoms with Crippen molar-refractivity contribution in [2.75, 3.05) is 29.4 Å². The van der Waals surface area contributed by atoms with Crippen LogP contribution in [0.4, 0.5) is 11.6 Å². The van der Waals surface area contributed by atoms with Gasteiger partial charge >= 0.3 is 0 Å². The van der Waals surface area contributed by atoms with Gasteiger partial charge in [-0.15, -0.1) is 5.10 Å². The second-order valence-electron chi connectivity index (χ2n) is 8.67. The summed E-state index contributed by atoms with van der Waals surface area (Å²) in [5.41, 5.74) is 5.25. The molecule has 0 N–H and O–H groups in total. The zero-order valence-electron chi connectivity index (χ0n) is 19.5. The van der Waals surface area contributed by atoms with E-state index in [9.17, 15) is 4.79 Å². The van der Waals surface area contributed by atoms with Gasteiger partial charge in [0.25, 0.3) is 0 Å². The number of anilines is 2. The summed E-state index contributed by atoms with van der Waals surface area (Å²) in [5, 5.41) is 9.29. The van der Waals surface area contributed by atoms with E-state index in [1.165, 1.54) is 23.6 Å². The molecule has 0 saturated carbocycles. The zero-order chi connectivity index (χ0) is 22.7. The molecule has 4 rings (SSSR count). The number of ketones is 1. The highest BCUT2D eigenvalue weighted by molar-refractivity contribution is 5.91. The van der Waals surface area contributed by atoms with Crippen molar-refractivity contribution in [2.24, 2.45) is 0 Å². The maximum atomic E-state index is 11.5. The van der Waals surface area contributed by atoms with E-state index in [0.717, 1.165) is 62.6 Å². The monoisotopic (exact) mass is 432 g/mol. The number of Topliss-reactive ketones (excluding diaryl/α,β-unsaturated/α-hetero) is 1. The molecule has 0 radical (unpaired) electrons. The molecule has 0 spiro atoms. The number of hydrogen-bond acceptors (Lipinski definition) is 7. The molecule has 32 heavy (non-hydrogen) atoms. The largest absolute Gasteiger partial charge is 0.351 e. The third-order valence-corrected chi connectivity index (χ3v) is 6.59. The van der Waals surface area contributed by atoms with Gasteiger partial charge in [0.05, 0.1) is 18.1 Å². The molecule has 2 aliphatic rings. The molecule has 168 valence electrons. The Morgan fingerprint density at radius 2 is 1.94 bits per heavy atom. The average molecular weight is 433 g/mol. The third kappa shape index (κ3) is 4.56. The molecular formula is C25H32N6O. The minimum absolute atomic E-state index is 0.0652. The molecule has 1 fully saturated rings. The fraction of sp³-hybridized carbons (Fsp3) is 0.480. The molecule has 1 atom stereocenters. The third-order valence-electron chi connectivity index (χ3n) is 6.59. The Morgan fingerprint density at radius 1 is 1.09 bits per heavy atom. The summed E-state index contributed by atoms with van der Waals surface area (Å²) in [6.45, 7) is 10.5.